The molecule has 3 heteroatoms. The van der Waals surface area contributed by atoms with Gasteiger partial charge in [-0.25, -0.2) is 0 Å². The second kappa shape index (κ2) is 6.88. The SMILES string of the molecule is CC1CC(C)CC(OCC(C)(CO)NC(C)C)C1. The van der Waals surface area contributed by atoms with Gasteiger partial charge >= 0.3 is 0 Å². The zero-order valence-electron chi connectivity index (χ0n) is 12.7. The van der Waals surface area contributed by atoms with E-state index in [2.05, 4.69) is 33.0 Å². The van der Waals surface area contributed by atoms with Gasteiger partial charge in [-0.1, -0.05) is 27.7 Å². The van der Waals surface area contributed by atoms with Gasteiger partial charge in [0, 0.05) is 6.04 Å². The molecule has 18 heavy (non-hydrogen) atoms. The highest BCUT2D eigenvalue weighted by atomic mass is 16.5. The molecule has 1 fully saturated rings. The van der Waals surface area contributed by atoms with Crippen LogP contribution in [-0.4, -0.2) is 36.0 Å². The second-order valence-corrected chi connectivity index (χ2v) is 6.87. The van der Waals surface area contributed by atoms with Crippen molar-refractivity contribution < 1.29 is 9.84 Å². The van der Waals surface area contributed by atoms with Crippen LogP contribution in [0, 0.1) is 11.8 Å². The van der Waals surface area contributed by atoms with Crippen molar-refractivity contribution in [3.8, 4) is 0 Å². The molecule has 0 heterocycles. The number of rotatable bonds is 6. The van der Waals surface area contributed by atoms with Gasteiger partial charge in [0.1, 0.15) is 0 Å². The third kappa shape index (κ3) is 5.25. The van der Waals surface area contributed by atoms with Gasteiger partial charge in [-0.05, 0) is 38.0 Å². The topological polar surface area (TPSA) is 41.5 Å². The van der Waals surface area contributed by atoms with E-state index >= 15 is 0 Å². The van der Waals surface area contributed by atoms with E-state index in [-0.39, 0.29) is 12.1 Å². The first-order valence-corrected chi connectivity index (χ1v) is 7.35. The van der Waals surface area contributed by atoms with Crippen molar-refractivity contribution in [1.29, 1.82) is 0 Å². The Hall–Kier alpha value is -0.120. The van der Waals surface area contributed by atoms with Gasteiger partial charge < -0.3 is 15.2 Å². The van der Waals surface area contributed by atoms with Gasteiger partial charge in [0.25, 0.3) is 0 Å². The molecular weight excluding hydrogens is 226 g/mol. The Morgan fingerprint density at radius 2 is 1.78 bits per heavy atom. The third-order valence-electron chi connectivity index (χ3n) is 3.76. The summed E-state index contributed by atoms with van der Waals surface area (Å²) in [6, 6.07) is 0.356. The van der Waals surface area contributed by atoms with Crippen molar-refractivity contribution in [1.82, 2.24) is 5.32 Å². The maximum Gasteiger partial charge on any atom is 0.0671 e. The first-order chi connectivity index (χ1) is 8.34. The normalized spacial score (nSPS) is 32.5. The highest BCUT2D eigenvalue weighted by Crippen LogP contribution is 2.30. The number of aliphatic hydroxyl groups excluding tert-OH is 1. The molecule has 0 aromatic heterocycles. The largest absolute Gasteiger partial charge is 0.394 e. The van der Waals surface area contributed by atoms with E-state index in [4.69, 9.17) is 4.74 Å². The molecule has 1 saturated carbocycles. The quantitative estimate of drug-likeness (QED) is 0.768. The lowest BCUT2D eigenvalue weighted by atomic mass is 9.81. The molecule has 1 aliphatic rings. The highest BCUT2D eigenvalue weighted by molar-refractivity contribution is 4.85. The number of nitrogens with one attached hydrogen (secondary N) is 1. The molecule has 1 rings (SSSR count). The molecule has 3 atom stereocenters. The van der Waals surface area contributed by atoms with Crippen molar-refractivity contribution in [3.63, 3.8) is 0 Å². The van der Waals surface area contributed by atoms with Gasteiger partial charge in [-0.2, -0.15) is 0 Å². The standard InChI is InChI=1S/C15H31NO2/c1-11(2)16-15(5,9-17)10-18-14-7-12(3)6-13(4)8-14/h11-14,16-17H,6-10H2,1-5H3. The van der Waals surface area contributed by atoms with E-state index in [9.17, 15) is 5.11 Å². The fraction of sp³-hybridized carbons (Fsp3) is 1.00. The summed E-state index contributed by atoms with van der Waals surface area (Å²) in [4.78, 5) is 0. The van der Waals surface area contributed by atoms with Crippen LogP contribution in [0.5, 0.6) is 0 Å². The maximum atomic E-state index is 9.53. The number of hydrogen-bond acceptors (Lipinski definition) is 3. The van der Waals surface area contributed by atoms with E-state index in [0.717, 1.165) is 24.7 Å². The van der Waals surface area contributed by atoms with Crippen LogP contribution in [0.25, 0.3) is 0 Å². The molecular formula is C15H31NO2. The molecule has 0 bridgehead atoms. The first kappa shape index (κ1) is 15.9. The van der Waals surface area contributed by atoms with Gasteiger partial charge in [-0.15, -0.1) is 0 Å². The lowest BCUT2D eigenvalue weighted by Crippen LogP contribution is -2.53. The maximum absolute atomic E-state index is 9.53. The Morgan fingerprint density at radius 1 is 1.22 bits per heavy atom. The molecule has 0 radical (unpaired) electrons. The van der Waals surface area contributed by atoms with E-state index in [0.29, 0.717) is 18.8 Å². The molecule has 3 unspecified atom stereocenters. The minimum absolute atomic E-state index is 0.114. The van der Waals surface area contributed by atoms with Crippen molar-refractivity contribution >= 4 is 0 Å². The van der Waals surface area contributed by atoms with Crippen molar-refractivity contribution in [2.45, 2.75) is 71.6 Å². The van der Waals surface area contributed by atoms with Crippen LogP contribution in [0.2, 0.25) is 0 Å². The zero-order valence-corrected chi connectivity index (χ0v) is 12.7. The predicted octanol–water partition coefficient (Wildman–Crippen LogP) is 2.58. The van der Waals surface area contributed by atoms with E-state index in [1.54, 1.807) is 0 Å². The van der Waals surface area contributed by atoms with Crippen LogP contribution >= 0.6 is 0 Å². The summed E-state index contributed by atoms with van der Waals surface area (Å²) in [6.07, 6.45) is 4.01. The summed E-state index contributed by atoms with van der Waals surface area (Å²) in [5.41, 5.74) is -0.321. The van der Waals surface area contributed by atoms with Gasteiger partial charge in [0.15, 0.2) is 0 Å². The van der Waals surface area contributed by atoms with E-state index in [1.165, 1.54) is 6.42 Å². The minimum atomic E-state index is -0.321. The number of aliphatic hydroxyl groups is 1. The fourth-order valence-corrected chi connectivity index (χ4v) is 3.14. The van der Waals surface area contributed by atoms with Crippen LogP contribution in [0.15, 0.2) is 0 Å². The average Bonchev–Trinajstić information content (AvgIpc) is 2.24. The monoisotopic (exact) mass is 257 g/mol. The molecule has 0 spiro atoms. The van der Waals surface area contributed by atoms with E-state index in [1.807, 2.05) is 6.92 Å². The summed E-state index contributed by atoms with van der Waals surface area (Å²) < 4.78 is 6.06. The fourth-order valence-electron chi connectivity index (χ4n) is 3.14. The van der Waals surface area contributed by atoms with E-state index < -0.39 is 0 Å². The van der Waals surface area contributed by atoms with Gasteiger partial charge in [0.05, 0.1) is 24.9 Å². The van der Waals surface area contributed by atoms with Gasteiger partial charge in [-0.3, -0.25) is 0 Å². The Morgan fingerprint density at radius 3 is 2.22 bits per heavy atom. The number of ether oxygens (including phenoxy) is 1. The summed E-state index contributed by atoms with van der Waals surface area (Å²) in [6.45, 7) is 11.5. The molecule has 2 N–H and O–H groups in total. The van der Waals surface area contributed by atoms with Crippen LogP contribution in [-0.2, 0) is 4.74 Å². The molecule has 1 aliphatic carbocycles. The Labute approximate surface area is 112 Å². The minimum Gasteiger partial charge on any atom is -0.394 e. The highest BCUT2D eigenvalue weighted by Gasteiger charge is 2.29. The lowest BCUT2D eigenvalue weighted by Gasteiger charge is -2.36. The molecule has 3 nitrogen and oxygen atoms in total. The average molecular weight is 257 g/mol. The molecule has 0 aromatic rings. The molecule has 108 valence electrons. The second-order valence-electron chi connectivity index (χ2n) is 6.87. The summed E-state index contributed by atoms with van der Waals surface area (Å²) in [7, 11) is 0. The van der Waals surface area contributed by atoms with Gasteiger partial charge in [0.2, 0.25) is 0 Å². The van der Waals surface area contributed by atoms with Crippen LogP contribution in [0.3, 0.4) is 0 Å². The Bertz CT molecular complexity index is 235. The van der Waals surface area contributed by atoms with Crippen LogP contribution < -0.4 is 5.32 Å². The summed E-state index contributed by atoms with van der Waals surface area (Å²) >= 11 is 0. The Kier molecular flexibility index (Phi) is 6.09. The first-order valence-electron chi connectivity index (χ1n) is 7.35. The van der Waals surface area contributed by atoms with Crippen LogP contribution in [0.1, 0.15) is 53.9 Å². The predicted molar refractivity (Wildman–Crippen MR) is 75.7 cm³/mol. The molecule has 0 aromatic carbocycles. The number of hydrogen-bond donors (Lipinski definition) is 2. The third-order valence-corrected chi connectivity index (χ3v) is 3.76. The van der Waals surface area contributed by atoms with Crippen molar-refractivity contribution in [2.75, 3.05) is 13.2 Å². The molecule has 0 aliphatic heterocycles. The van der Waals surface area contributed by atoms with Crippen molar-refractivity contribution in [2.24, 2.45) is 11.8 Å². The summed E-state index contributed by atoms with van der Waals surface area (Å²) in [5, 5.41) is 12.9. The Balaban J connectivity index is 2.42. The van der Waals surface area contributed by atoms with Crippen molar-refractivity contribution in [3.05, 3.63) is 0 Å². The molecule has 0 amide bonds. The van der Waals surface area contributed by atoms with Crippen LogP contribution in [0.4, 0.5) is 0 Å². The smallest absolute Gasteiger partial charge is 0.0671 e. The summed E-state index contributed by atoms with van der Waals surface area (Å²) in [5.74, 6) is 1.52. The lowest BCUT2D eigenvalue weighted by molar-refractivity contribution is -0.0382. The zero-order chi connectivity index (χ0) is 13.8. The molecule has 0 saturated heterocycles.